The van der Waals surface area contributed by atoms with Crippen LogP contribution < -0.4 is 10.1 Å². The van der Waals surface area contributed by atoms with Crippen molar-refractivity contribution < 1.29 is 9.53 Å². The first-order chi connectivity index (χ1) is 10.6. The van der Waals surface area contributed by atoms with Gasteiger partial charge in [-0.15, -0.1) is 0 Å². The van der Waals surface area contributed by atoms with Gasteiger partial charge in [-0.1, -0.05) is 6.92 Å². The largest absolute Gasteiger partial charge is 0.497 e. The molecule has 2 aromatic rings. The van der Waals surface area contributed by atoms with Crippen molar-refractivity contribution in [2.24, 2.45) is 5.92 Å². The number of Topliss-reactive ketones (excluding diaryl/α,β-unsaturated/α-hetero) is 1. The van der Waals surface area contributed by atoms with E-state index in [-0.39, 0.29) is 5.78 Å². The maximum atomic E-state index is 12.1. The number of hydrogen-bond donors (Lipinski definition) is 1. The van der Waals surface area contributed by atoms with Crippen LogP contribution in [0.15, 0.2) is 24.3 Å². The van der Waals surface area contributed by atoms with E-state index in [1.54, 1.807) is 7.11 Å². The SMILES string of the molecule is COc1ccc(Nc2nc(C)c3c(n2)C[C@@H](C)CC3=O)cc1. The fourth-order valence-electron chi connectivity index (χ4n) is 2.82. The third-order valence-electron chi connectivity index (χ3n) is 3.87. The number of methoxy groups -OCH3 is 1. The van der Waals surface area contributed by atoms with Crippen LogP contribution in [-0.4, -0.2) is 22.9 Å². The summed E-state index contributed by atoms with van der Waals surface area (Å²) in [5.41, 5.74) is 3.19. The number of ether oxygens (including phenoxy) is 1. The zero-order chi connectivity index (χ0) is 15.7. The topological polar surface area (TPSA) is 64.1 Å². The molecule has 1 N–H and O–H groups in total. The van der Waals surface area contributed by atoms with Gasteiger partial charge in [0.25, 0.3) is 0 Å². The van der Waals surface area contributed by atoms with Gasteiger partial charge in [-0.25, -0.2) is 9.97 Å². The minimum atomic E-state index is 0.155. The van der Waals surface area contributed by atoms with Gasteiger partial charge in [0.2, 0.25) is 5.95 Å². The highest BCUT2D eigenvalue weighted by atomic mass is 16.5. The molecule has 1 aromatic heterocycles. The minimum Gasteiger partial charge on any atom is -0.497 e. The number of aryl methyl sites for hydroxylation is 1. The Balaban J connectivity index is 1.90. The van der Waals surface area contributed by atoms with Crippen LogP contribution in [0.5, 0.6) is 5.75 Å². The van der Waals surface area contributed by atoms with Crippen LogP contribution in [0.1, 0.15) is 35.1 Å². The molecule has 0 bridgehead atoms. The van der Waals surface area contributed by atoms with E-state index in [9.17, 15) is 4.79 Å². The lowest BCUT2D eigenvalue weighted by Gasteiger charge is -2.21. The van der Waals surface area contributed by atoms with Gasteiger partial charge in [-0.3, -0.25) is 4.79 Å². The highest BCUT2D eigenvalue weighted by Gasteiger charge is 2.26. The molecule has 114 valence electrons. The van der Waals surface area contributed by atoms with Gasteiger partial charge < -0.3 is 10.1 Å². The fourth-order valence-corrected chi connectivity index (χ4v) is 2.82. The van der Waals surface area contributed by atoms with E-state index in [4.69, 9.17) is 4.74 Å². The monoisotopic (exact) mass is 297 g/mol. The summed E-state index contributed by atoms with van der Waals surface area (Å²) in [4.78, 5) is 21.1. The van der Waals surface area contributed by atoms with E-state index < -0.39 is 0 Å². The molecule has 1 atom stereocenters. The number of nitrogens with one attached hydrogen (secondary N) is 1. The number of aromatic nitrogens is 2. The standard InChI is InChI=1S/C17H19N3O2/c1-10-8-14-16(15(21)9-10)11(2)18-17(20-14)19-12-4-6-13(22-3)7-5-12/h4-7,10H,8-9H2,1-3H3,(H,18,19,20)/t10-/m1/s1. The molecule has 0 amide bonds. The molecule has 5 heteroatoms. The van der Waals surface area contributed by atoms with Gasteiger partial charge in [-0.05, 0) is 43.5 Å². The molecule has 0 saturated heterocycles. The number of fused-ring (bicyclic) bond motifs is 1. The Hall–Kier alpha value is -2.43. The van der Waals surface area contributed by atoms with E-state index in [0.717, 1.165) is 29.2 Å². The molecule has 3 rings (SSSR count). The maximum Gasteiger partial charge on any atom is 0.227 e. The highest BCUT2D eigenvalue weighted by molar-refractivity contribution is 5.99. The third-order valence-corrected chi connectivity index (χ3v) is 3.87. The Kier molecular flexibility index (Phi) is 3.79. The molecule has 0 aliphatic heterocycles. The zero-order valence-electron chi connectivity index (χ0n) is 13.0. The molecule has 0 saturated carbocycles. The van der Waals surface area contributed by atoms with Crippen LogP contribution in [0.25, 0.3) is 0 Å². The van der Waals surface area contributed by atoms with Gasteiger partial charge in [0.1, 0.15) is 5.75 Å². The third kappa shape index (κ3) is 2.79. The second-order valence-corrected chi connectivity index (χ2v) is 5.74. The number of carbonyl (C=O) groups excluding carboxylic acids is 1. The maximum absolute atomic E-state index is 12.1. The van der Waals surface area contributed by atoms with Gasteiger partial charge in [0.15, 0.2) is 5.78 Å². The Labute approximate surface area is 129 Å². The molecule has 0 unspecified atom stereocenters. The molecule has 0 radical (unpaired) electrons. The van der Waals surface area contributed by atoms with Crippen LogP contribution in [-0.2, 0) is 6.42 Å². The van der Waals surface area contributed by atoms with Crippen molar-refractivity contribution in [1.29, 1.82) is 0 Å². The molecule has 0 spiro atoms. The van der Waals surface area contributed by atoms with Crippen molar-refractivity contribution in [3.63, 3.8) is 0 Å². The Morgan fingerprint density at radius 2 is 1.91 bits per heavy atom. The normalized spacial score (nSPS) is 17.0. The van der Waals surface area contributed by atoms with E-state index in [2.05, 4.69) is 22.2 Å². The summed E-state index contributed by atoms with van der Waals surface area (Å²) in [6.07, 6.45) is 1.41. The van der Waals surface area contributed by atoms with E-state index in [0.29, 0.717) is 23.9 Å². The smallest absolute Gasteiger partial charge is 0.227 e. The van der Waals surface area contributed by atoms with Crippen molar-refractivity contribution in [1.82, 2.24) is 9.97 Å². The molecular weight excluding hydrogens is 278 g/mol. The lowest BCUT2D eigenvalue weighted by Crippen LogP contribution is -2.22. The molecule has 1 aliphatic carbocycles. The first-order valence-corrected chi connectivity index (χ1v) is 7.38. The summed E-state index contributed by atoms with van der Waals surface area (Å²) in [7, 11) is 1.64. The fraction of sp³-hybridized carbons (Fsp3) is 0.353. The summed E-state index contributed by atoms with van der Waals surface area (Å²) in [5, 5.41) is 3.19. The van der Waals surface area contributed by atoms with Crippen molar-refractivity contribution in [3.05, 3.63) is 41.2 Å². The molecule has 5 nitrogen and oxygen atoms in total. The Morgan fingerprint density at radius 1 is 1.18 bits per heavy atom. The predicted octanol–water partition coefficient (Wildman–Crippen LogP) is 3.30. The Bertz CT molecular complexity index is 711. The van der Waals surface area contributed by atoms with Crippen LogP contribution in [0.2, 0.25) is 0 Å². The van der Waals surface area contributed by atoms with Crippen LogP contribution in [0.3, 0.4) is 0 Å². The van der Waals surface area contributed by atoms with E-state index in [1.165, 1.54) is 0 Å². The van der Waals surface area contributed by atoms with Crippen LogP contribution in [0, 0.1) is 12.8 Å². The van der Waals surface area contributed by atoms with Gasteiger partial charge in [0, 0.05) is 12.1 Å². The molecule has 22 heavy (non-hydrogen) atoms. The molecule has 1 aliphatic rings. The van der Waals surface area contributed by atoms with E-state index in [1.807, 2.05) is 31.2 Å². The second kappa shape index (κ2) is 5.75. The Morgan fingerprint density at radius 3 is 2.59 bits per heavy atom. The summed E-state index contributed by atoms with van der Waals surface area (Å²) in [6.45, 7) is 3.95. The molecule has 1 heterocycles. The van der Waals surface area contributed by atoms with Crippen molar-refractivity contribution >= 4 is 17.4 Å². The van der Waals surface area contributed by atoms with E-state index >= 15 is 0 Å². The lowest BCUT2D eigenvalue weighted by atomic mass is 9.86. The first-order valence-electron chi connectivity index (χ1n) is 7.38. The average molecular weight is 297 g/mol. The van der Waals surface area contributed by atoms with Crippen LogP contribution >= 0.6 is 0 Å². The van der Waals surface area contributed by atoms with Crippen molar-refractivity contribution in [3.8, 4) is 5.75 Å². The highest BCUT2D eigenvalue weighted by Crippen LogP contribution is 2.27. The lowest BCUT2D eigenvalue weighted by molar-refractivity contribution is 0.0951. The minimum absolute atomic E-state index is 0.155. The van der Waals surface area contributed by atoms with Crippen molar-refractivity contribution in [2.45, 2.75) is 26.7 Å². The molecule has 0 fully saturated rings. The molecular formula is C17H19N3O2. The van der Waals surface area contributed by atoms with Crippen LogP contribution in [0.4, 0.5) is 11.6 Å². The first kappa shape index (κ1) is 14.5. The van der Waals surface area contributed by atoms with Gasteiger partial charge in [0.05, 0.1) is 24.1 Å². The number of nitrogens with zero attached hydrogens (tertiary/aromatic N) is 2. The number of hydrogen-bond acceptors (Lipinski definition) is 5. The van der Waals surface area contributed by atoms with Gasteiger partial charge in [-0.2, -0.15) is 0 Å². The summed E-state index contributed by atoms with van der Waals surface area (Å²) in [5.74, 6) is 1.82. The van der Waals surface area contributed by atoms with Gasteiger partial charge >= 0.3 is 0 Å². The number of anilines is 2. The number of carbonyl (C=O) groups is 1. The van der Waals surface area contributed by atoms with Crippen molar-refractivity contribution in [2.75, 3.05) is 12.4 Å². The predicted molar refractivity (Wildman–Crippen MR) is 84.9 cm³/mol. The zero-order valence-corrected chi connectivity index (χ0v) is 13.0. The summed E-state index contributed by atoms with van der Waals surface area (Å²) >= 11 is 0. The average Bonchev–Trinajstić information content (AvgIpc) is 2.46. The number of benzene rings is 1. The summed E-state index contributed by atoms with van der Waals surface area (Å²) in [6, 6.07) is 7.56. The quantitative estimate of drug-likeness (QED) is 0.941. The number of ketones is 1. The summed E-state index contributed by atoms with van der Waals surface area (Å²) < 4.78 is 5.14. The molecule has 1 aromatic carbocycles. The number of rotatable bonds is 3. The second-order valence-electron chi connectivity index (χ2n) is 5.74.